The number of nitrogens with zero attached hydrogens (tertiary/aromatic N) is 2. The summed E-state index contributed by atoms with van der Waals surface area (Å²) in [6.07, 6.45) is 1.69. The first kappa shape index (κ1) is 13.2. The zero-order chi connectivity index (χ0) is 15.0. The van der Waals surface area contributed by atoms with Crippen LogP contribution in [0.3, 0.4) is 0 Å². The maximum Gasteiger partial charge on any atom is 0.335 e. The summed E-state index contributed by atoms with van der Waals surface area (Å²) in [5.74, 6) is -0.134. The van der Waals surface area contributed by atoms with Gasteiger partial charge in [-0.05, 0) is 48.9 Å². The summed E-state index contributed by atoms with van der Waals surface area (Å²) in [7, 11) is 1.63. The molecule has 0 radical (unpaired) electrons. The molecule has 0 aliphatic rings. The molecule has 0 aliphatic carbocycles. The number of imidazole rings is 1. The van der Waals surface area contributed by atoms with E-state index in [1.807, 2.05) is 29.7 Å². The number of benzene rings is 2. The quantitative estimate of drug-likeness (QED) is 0.802. The van der Waals surface area contributed by atoms with E-state index in [4.69, 9.17) is 9.84 Å². The Bertz CT molecular complexity index is 837. The van der Waals surface area contributed by atoms with Crippen molar-refractivity contribution in [1.29, 1.82) is 0 Å². The fourth-order valence-corrected chi connectivity index (χ4v) is 2.36. The van der Waals surface area contributed by atoms with Crippen LogP contribution in [0.5, 0.6) is 5.75 Å². The van der Waals surface area contributed by atoms with Crippen LogP contribution >= 0.6 is 0 Å². The fourth-order valence-electron chi connectivity index (χ4n) is 2.36. The predicted octanol–water partition coefficient (Wildman–Crippen LogP) is 3.04. The van der Waals surface area contributed by atoms with E-state index in [9.17, 15) is 4.79 Å². The van der Waals surface area contributed by atoms with Crippen LogP contribution in [0.2, 0.25) is 0 Å². The van der Waals surface area contributed by atoms with E-state index in [0.29, 0.717) is 0 Å². The van der Waals surface area contributed by atoms with Gasteiger partial charge in [-0.15, -0.1) is 0 Å². The van der Waals surface area contributed by atoms with E-state index in [1.54, 1.807) is 31.6 Å². The van der Waals surface area contributed by atoms with Gasteiger partial charge in [0.1, 0.15) is 12.1 Å². The second-order valence-corrected chi connectivity index (χ2v) is 4.78. The van der Waals surface area contributed by atoms with Gasteiger partial charge >= 0.3 is 5.97 Å². The Hall–Kier alpha value is -2.82. The first-order chi connectivity index (χ1) is 10.1. The lowest BCUT2D eigenvalue weighted by molar-refractivity contribution is 0.0697. The van der Waals surface area contributed by atoms with Gasteiger partial charge in [0.05, 0.1) is 23.7 Å². The standard InChI is InChI=1S/C16H14N2O3/c1-10-7-12(4-6-15(10)21-2)18-9-17-13-5-3-11(16(19)20)8-14(13)18/h3-9H,1-2H3,(H,19,20). The third kappa shape index (κ3) is 2.23. The molecule has 3 rings (SSSR count). The van der Waals surface area contributed by atoms with E-state index in [0.717, 1.165) is 28.0 Å². The van der Waals surface area contributed by atoms with Gasteiger partial charge in [-0.2, -0.15) is 0 Å². The summed E-state index contributed by atoms with van der Waals surface area (Å²) in [4.78, 5) is 15.4. The van der Waals surface area contributed by atoms with E-state index in [2.05, 4.69) is 4.98 Å². The Balaban J connectivity index is 2.18. The Morgan fingerprint density at radius 3 is 2.71 bits per heavy atom. The molecule has 0 unspecified atom stereocenters. The highest BCUT2D eigenvalue weighted by molar-refractivity contribution is 5.92. The first-order valence-electron chi connectivity index (χ1n) is 6.45. The number of ether oxygens (including phenoxy) is 1. The largest absolute Gasteiger partial charge is 0.496 e. The number of methoxy groups -OCH3 is 1. The lowest BCUT2D eigenvalue weighted by Gasteiger charge is -2.09. The number of aromatic carboxylic acids is 1. The number of fused-ring (bicyclic) bond motifs is 1. The zero-order valence-corrected chi connectivity index (χ0v) is 11.7. The summed E-state index contributed by atoms with van der Waals surface area (Å²) in [5.41, 5.74) is 3.69. The summed E-state index contributed by atoms with van der Waals surface area (Å²) in [5, 5.41) is 9.11. The molecule has 0 aliphatic heterocycles. The van der Waals surface area contributed by atoms with Crippen molar-refractivity contribution in [3.8, 4) is 11.4 Å². The van der Waals surface area contributed by atoms with Crippen LogP contribution in [0.15, 0.2) is 42.7 Å². The summed E-state index contributed by atoms with van der Waals surface area (Å²) >= 11 is 0. The lowest BCUT2D eigenvalue weighted by atomic mass is 10.1. The van der Waals surface area contributed by atoms with E-state index < -0.39 is 5.97 Å². The third-order valence-electron chi connectivity index (χ3n) is 3.45. The summed E-state index contributed by atoms with van der Waals surface area (Å²) in [6.45, 7) is 1.96. The molecule has 0 spiro atoms. The maximum absolute atomic E-state index is 11.1. The number of aryl methyl sites for hydroxylation is 1. The highest BCUT2D eigenvalue weighted by Gasteiger charge is 2.10. The molecule has 0 saturated heterocycles. The Morgan fingerprint density at radius 1 is 1.24 bits per heavy atom. The van der Waals surface area contributed by atoms with E-state index in [-0.39, 0.29) is 5.56 Å². The number of hydrogen-bond acceptors (Lipinski definition) is 3. The molecule has 106 valence electrons. The van der Waals surface area contributed by atoms with E-state index in [1.165, 1.54) is 0 Å². The van der Waals surface area contributed by atoms with Crippen LogP contribution in [0, 0.1) is 6.92 Å². The molecule has 5 nitrogen and oxygen atoms in total. The van der Waals surface area contributed by atoms with Crippen LogP contribution in [-0.4, -0.2) is 27.7 Å². The lowest BCUT2D eigenvalue weighted by Crippen LogP contribution is -1.98. The Labute approximate surface area is 121 Å². The van der Waals surface area contributed by atoms with Crippen molar-refractivity contribution in [2.24, 2.45) is 0 Å². The molecule has 1 aromatic heterocycles. The van der Waals surface area contributed by atoms with Gasteiger partial charge in [0.15, 0.2) is 0 Å². The highest BCUT2D eigenvalue weighted by Crippen LogP contribution is 2.24. The van der Waals surface area contributed by atoms with Crippen LogP contribution in [0.25, 0.3) is 16.7 Å². The molecule has 5 heteroatoms. The maximum atomic E-state index is 11.1. The topological polar surface area (TPSA) is 64.4 Å². The highest BCUT2D eigenvalue weighted by atomic mass is 16.5. The van der Waals surface area contributed by atoms with Crippen molar-refractivity contribution in [1.82, 2.24) is 9.55 Å². The fraction of sp³-hybridized carbons (Fsp3) is 0.125. The van der Waals surface area contributed by atoms with Gasteiger partial charge in [-0.3, -0.25) is 4.57 Å². The third-order valence-corrected chi connectivity index (χ3v) is 3.45. The second kappa shape index (κ2) is 4.94. The van der Waals surface area contributed by atoms with Crippen LogP contribution in [-0.2, 0) is 0 Å². The molecular weight excluding hydrogens is 268 g/mol. The van der Waals surface area contributed by atoms with Crippen molar-refractivity contribution in [2.75, 3.05) is 7.11 Å². The summed E-state index contributed by atoms with van der Waals surface area (Å²) in [6, 6.07) is 10.7. The monoisotopic (exact) mass is 282 g/mol. The van der Waals surface area contributed by atoms with Crippen molar-refractivity contribution in [2.45, 2.75) is 6.92 Å². The van der Waals surface area contributed by atoms with Gasteiger partial charge in [-0.25, -0.2) is 9.78 Å². The Kier molecular flexibility index (Phi) is 3.10. The summed E-state index contributed by atoms with van der Waals surface area (Å²) < 4.78 is 7.12. The van der Waals surface area contributed by atoms with Crippen molar-refractivity contribution in [3.05, 3.63) is 53.9 Å². The molecule has 3 aromatic rings. The van der Waals surface area contributed by atoms with Gasteiger partial charge < -0.3 is 9.84 Å². The van der Waals surface area contributed by atoms with Gasteiger partial charge in [0.2, 0.25) is 0 Å². The number of carboxylic acids is 1. The zero-order valence-electron chi connectivity index (χ0n) is 11.7. The number of rotatable bonds is 3. The van der Waals surface area contributed by atoms with E-state index >= 15 is 0 Å². The number of aromatic nitrogens is 2. The molecule has 21 heavy (non-hydrogen) atoms. The van der Waals surface area contributed by atoms with Gasteiger partial charge in [0, 0.05) is 5.69 Å². The molecular formula is C16H14N2O3. The number of carbonyl (C=O) groups is 1. The normalized spacial score (nSPS) is 10.8. The first-order valence-corrected chi connectivity index (χ1v) is 6.45. The van der Waals surface area contributed by atoms with Crippen molar-refractivity contribution >= 4 is 17.0 Å². The van der Waals surface area contributed by atoms with Gasteiger partial charge in [-0.1, -0.05) is 0 Å². The molecule has 0 fully saturated rings. The molecule has 2 aromatic carbocycles. The number of carboxylic acid groups (broad SMARTS) is 1. The van der Waals surface area contributed by atoms with Crippen LogP contribution in [0.1, 0.15) is 15.9 Å². The average Bonchev–Trinajstić information content (AvgIpc) is 2.90. The van der Waals surface area contributed by atoms with Crippen LogP contribution in [0.4, 0.5) is 0 Å². The molecule has 0 amide bonds. The second-order valence-electron chi connectivity index (χ2n) is 4.78. The number of hydrogen-bond donors (Lipinski definition) is 1. The minimum absolute atomic E-state index is 0.245. The predicted molar refractivity (Wildman–Crippen MR) is 79.3 cm³/mol. The average molecular weight is 282 g/mol. The van der Waals surface area contributed by atoms with Crippen molar-refractivity contribution < 1.29 is 14.6 Å². The minimum Gasteiger partial charge on any atom is -0.496 e. The molecule has 0 atom stereocenters. The smallest absolute Gasteiger partial charge is 0.335 e. The molecule has 1 N–H and O–H groups in total. The molecule has 0 saturated carbocycles. The van der Waals surface area contributed by atoms with Crippen LogP contribution < -0.4 is 4.74 Å². The molecule has 1 heterocycles. The molecule has 0 bridgehead atoms. The van der Waals surface area contributed by atoms with Gasteiger partial charge in [0.25, 0.3) is 0 Å². The Morgan fingerprint density at radius 2 is 2.05 bits per heavy atom. The minimum atomic E-state index is -0.949. The SMILES string of the molecule is COc1ccc(-n2cnc3ccc(C(=O)O)cc32)cc1C. The van der Waals surface area contributed by atoms with Crippen molar-refractivity contribution in [3.63, 3.8) is 0 Å².